The first-order valence-corrected chi connectivity index (χ1v) is 8.02. The molecule has 3 fully saturated rings. The van der Waals surface area contributed by atoms with Crippen LogP contribution in [0.15, 0.2) is 0 Å². The van der Waals surface area contributed by atoms with E-state index in [0.717, 1.165) is 23.8 Å². The summed E-state index contributed by atoms with van der Waals surface area (Å²) in [5.74, 6) is 3.12. The summed E-state index contributed by atoms with van der Waals surface area (Å²) < 4.78 is 0. The molecule has 0 aromatic rings. The maximum absolute atomic E-state index is 3.87. The molecular weight excluding hydrogens is 206 g/mol. The number of hydrogen-bond donors (Lipinski definition) is 1. The van der Waals surface area contributed by atoms with E-state index in [0.29, 0.717) is 5.41 Å². The zero-order valence-corrected chi connectivity index (χ0v) is 11.7. The number of hydrogen-bond acceptors (Lipinski definition) is 1. The first-order valence-electron chi connectivity index (χ1n) is 8.02. The minimum Gasteiger partial charge on any atom is -0.313 e. The molecule has 3 aliphatic rings. The molecule has 1 nitrogen and oxygen atoms in total. The highest BCUT2D eigenvalue weighted by Crippen LogP contribution is 2.60. The first-order chi connectivity index (χ1) is 8.28. The monoisotopic (exact) mass is 235 g/mol. The SMILES string of the molecule is CCC(CC)C1(CNC2CC2)CC2CCC1C2. The van der Waals surface area contributed by atoms with E-state index in [2.05, 4.69) is 19.2 Å². The third-order valence-corrected chi connectivity index (χ3v) is 6.12. The van der Waals surface area contributed by atoms with Gasteiger partial charge >= 0.3 is 0 Å². The Hall–Kier alpha value is -0.0400. The zero-order valence-electron chi connectivity index (χ0n) is 11.7. The second-order valence-corrected chi connectivity index (χ2v) is 6.98. The van der Waals surface area contributed by atoms with Crippen molar-refractivity contribution in [3.05, 3.63) is 0 Å². The van der Waals surface area contributed by atoms with Crippen LogP contribution in [-0.4, -0.2) is 12.6 Å². The Morgan fingerprint density at radius 2 is 1.88 bits per heavy atom. The topological polar surface area (TPSA) is 12.0 Å². The lowest BCUT2D eigenvalue weighted by Crippen LogP contribution is -2.44. The average Bonchev–Trinajstić information content (AvgIpc) is 2.97. The second-order valence-electron chi connectivity index (χ2n) is 6.98. The molecule has 0 aromatic carbocycles. The molecule has 0 heterocycles. The van der Waals surface area contributed by atoms with Crippen LogP contribution >= 0.6 is 0 Å². The molecule has 0 amide bonds. The highest BCUT2D eigenvalue weighted by atomic mass is 15.0. The van der Waals surface area contributed by atoms with Gasteiger partial charge in [-0.15, -0.1) is 0 Å². The summed E-state index contributed by atoms with van der Waals surface area (Å²) in [6.45, 7) is 6.17. The fraction of sp³-hybridized carbons (Fsp3) is 1.00. The fourth-order valence-electron chi connectivity index (χ4n) is 5.07. The Morgan fingerprint density at radius 3 is 2.35 bits per heavy atom. The summed E-state index contributed by atoms with van der Waals surface area (Å²) in [5, 5.41) is 3.87. The summed E-state index contributed by atoms with van der Waals surface area (Å²) in [6.07, 6.45) is 11.8. The largest absolute Gasteiger partial charge is 0.313 e. The normalized spacial score (nSPS) is 40.4. The third kappa shape index (κ3) is 2.05. The molecule has 0 radical (unpaired) electrons. The van der Waals surface area contributed by atoms with E-state index >= 15 is 0 Å². The Balaban J connectivity index is 1.74. The van der Waals surface area contributed by atoms with Crippen LogP contribution < -0.4 is 5.32 Å². The van der Waals surface area contributed by atoms with Crippen molar-refractivity contribution in [1.82, 2.24) is 5.32 Å². The highest BCUT2D eigenvalue weighted by Gasteiger charge is 2.53. The molecule has 0 saturated heterocycles. The van der Waals surface area contributed by atoms with Crippen LogP contribution in [0.25, 0.3) is 0 Å². The molecule has 3 unspecified atom stereocenters. The van der Waals surface area contributed by atoms with Gasteiger partial charge in [0, 0.05) is 12.6 Å². The van der Waals surface area contributed by atoms with E-state index in [-0.39, 0.29) is 0 Å². The maximum Gasteiger partial charge on any atom is 0.00684 e. The van der Waals surface area contributed by atoms with E-state index in [9.17, 15) is 0 Å². The molecule has 1 N–H and O–H groups in total. The molecule has 17 heavy (non-hydrogen) atoms. The van der Waals surface area contributed by atoms with Crippen molar-refractivity contribution < 1.29 is 0 Å². The van der Waals surface area contributed by atoms with Crippen LogP contribution in [0.4, 0.5) is 0 Å². The van der Waals surface area contributed by atoms with Gasteiger partial charge in [-0.3, -0.25) is 0 Å². The van der Waals surface area contributed by atoms with E-state index in [1.54, 1.807) is 12.8 Å². The third-order valence-electron chi connectivity index (χ3n) is 6.12. The van der Waals surface area contributed by atoms with Crippen LogP contribution in [0.3, 0.4) is 0 Å². The van der Waals surface area contributed by atoms with E-state index in [4.69, 9.17) is 0 Å². The lowest BCUT2D eigenvalue weighted by molar-refractivity contribution is 0.0661. The van der Waals surface area contributed by atoms with Crippen LogP contribution in [0.1, 0.15) is 65.2 Å². The van der Waals surface area contributed by atoms with Crippen LogP contribution in [0.2, 0.25) is 0 Å². The Kier molecular flexibility index (Phi) is 3.23. The summed E-state index contributed by atoms with van der Waals surface area (Å²) in [4.78, 5) is 0. The predicted octanol–water partition coefficient (Wildman–Crippen LogP) is 3.98. The van der Waals surface area contributed by atoms with Gasteiger partial charge in [0.25, 0.3) is 0 Å². The van der Waals surface area contributed by atoms with Gasteiger partial charge < -0.3 is 5.32 Å². The van der Waals surface area contributed by atoms with Gasteiger partial charge in [0.2, 0.25) is 0 Å². The molecule has 1 heteroatoms. The van der Waals surface area contributed by atoms with Crippen molar-refractivity contribution in [3.63, 3.8) is 0 Å². The molecule has 98 valence electrons. The van der Waals surface area contributed by atoms with Gasteiger partial charge in [-0.1, -0.05) is 33.1 Å². The fourth-order valence-corrected chi connectivity index (χ4v) is 5.07. The Labute approximate surface area is 107 Å². The Bertz CT molecular complexity index is 267. The van der Waals surface area contributed by atoms with E-state index < -0.39 is 0 Å². The van der Waals surface area contributed by atoms with E-state index in [1.165, 1.54) is 45.1 Å². The number of fused-ring (bicyclic) bond motifs is 2. The van der Waals surface area contributed by atoms with Crippen molar-refractivity contribution in [2.45, 2.75) is 71.3 Å². The van der Waals surface area contributed by atoms with Gasteiger partial charge in [0.1, 0.15) is 0 Å². The summed E-state index contributed by atoms with van der Waals surface area (Å²) in [7, 11) is 0. The van der Waals surface area contributed by atoms with Crippen molar-refractivity contribution in [2.24, 2.45) is 23.2 Å². The molecule has 0 aromatic heterocycles. The van der Waals surface area contributed by atoms with Crippen molar-refractivity contribution in [1.29, 1.82) is 0 Å². The number of rotatable bonds is 6. The quantitative estimate of drug-likeness (QED) is 0.734. The van der Waals surface area contributed by atoms with Crippen molar-refractivity contribution >= 4 is 0 Å². The summed E-state index contributed by atoms with van der Waals surface area (Å²) >= 11 is 0. The molecule has 2 bridgehead atoms. The minimum atomic E-state index is 0.689. The average molecular weight is 235 g/mol. The molecule has 3 atom stereocenters. The lowest BCUT2D eigenvalue weighted by Gasteiger charge is -2.44. The van der Waals surface area contributed by atoms with Crippen LogP contribution in [-0.2, 0) is 0 Å². The molecular formula is C16H29N. The molecule has 3 aliphatic carbocycles. The van der Waals surface area contributed by atoms with Crippen molar-refractivity contribution in [3.8, 4) is 0 Å². The number of nitrogens with one attached hydrogen (secondary N) is 1. The maximum atomic E-state index is 3.87. The summed E-state index contributed by atoms with van der Waals surface area (Å²) in [5.41, 5.74) is 0.689. The van der Waals surface area contributed by atoms with Crippen molar-refractivity contribution in [2.75, 3.05) is 6.54 Å². The second kappa shape index (κ2) is 4.57. The molecule has 0 spiro atoms. The van der Waals surface area contributed by atoms with Gasteiger partial charge in [-0.05, 0) is 55.3 Å². The molecule has 3 rings (SSSR count). The Morgan fingerprint density at radius 1 is 1.12 bits per heavy atom. The molecule has 3 saturated carbocycles. The minimum absolute atomic E-state index is 0.689. The molecule has 0 aliphatic heterocycles. The first kappa shape index (κ1) is 12.0. The van der Waals surface area contributed by atoms with E-state index in [1.807, 2.05) is 0 Å². The van der Waals surface area contributed by atoms with Gasteiger partial charge in [0.15, 0.2) is 0 Å². The smallest absolute Gasteiger partial charge is 0.00684 e. The van der Waals surface area contributed by atoms with Crippen LogP contribution in [0, 0.1) is 23.2 Å². The summed E-state index contributed by atoms with van der Waals surface area (Å²) in [6, 6.07) is 0.889. The van der Waals surface area contributed by atoms with Gasteiger partial charge in [-0.25, -0.2) is 0 Å². The lowest BCUT2D eigenvalue weighted by atomic mass is 9.63. The van der Waals surface area contributed by atoms with Gasteiger partial charge in [0.05, 0.1) is 0 Å². The predicted molar refractivity (Wildman–Crippen MR) is 73.0 cm³/mol. The highest BCUT2D eigenvalue weighted by molar-refractivity contribution is 5.05. The zero-order chi connectivity index (χ0) is 11.9. The standard InChI is InChI=1S/C16H29N/c1-3-13(4-2)16(11-17-15-7-8-15)10-12-5-6-14(16)9-12/h12-15,17H,3-11H2,1-2H3. The van der Waals surface area contributed by atoms with Gasteiger partial charge in [-0.2, -0.15) is 0 Å². The van der Waals surface area contributed by atoms with Crippen LogP contribution in [0.5, 0.6) is 0 Å².